The van der Waals surface area contributed by atoms with Crippen molar-refractivity contribution in [1.82, 2.24) is 5.32 Å². The molecule has 0 spiro atoms. The molecule has 94 valence electrons. The quantitative estimate of drug-likeness (QED) is 0.574. The van der Waals surface area contributed by atoms with Crippen molar-refractivity contribution < 1.29 is 19.1 Å². The number of hydrogen-bond acceptors (Lipinski definition) is 4. The lowest BCUT2D eigenvalue weighted by Gasteiger charge is -2.18. The number of nitrogens with one attached hydrogen (secondary N) is 2. The summed E-state index contributed by atoms with van der Waals surface area (Å²) in [4.78, 5) is 32.0. The van der Waals surface area contributed by atoms with Crippen LogP contribution in [0.1, 0.15) is 5.56 Å². The Kier molecular flexibility index (Phi) is 3.57. The van der Waals surface area contributed by atoms with Gasteiger partial charge >= 0.3 is 0 Å². The number of aldehydes is 1. The number of fused-ring (bicyclic) bond motifs is 1. The van der Waals surface area contributed by atoms with Crippen LogP contribution in [0.5, 0.6) is 5.75 Å². The van der Waals surface area contributed by atoms with Gasteiger partial charge in [0.15, 0.2) is 6.61 Å². The fourth-order valence-corrected chi connectivity index (χ4v) is 1.66. The number of anilines is 1. The third kappa shape index (κ3) is 2.85. The maximum Gasteiger partial charge on any atom is 0.284 e. The van der Waals surface area contributed by atoms with Gasteiger partial charge < -0.3 is 15.4 Å². The van der Waals surface area contributed by atoms with Crippen LogP contribution in [0, 0.1) is 0 Å². The van der Waals surface area contributed by atoms with Crippen molar-refractivity contribution in [2.75, 3.05) is 18.5 Å². The van der Waals surface area contributed by atoms with Crippen molar-refractivity contribution in [2.45, 2.75) is 6.42 Å². The second-order valence-corrected chi connectivity index (χ2v) is 3.83. The Balaban J connectivity index is 1.98. The summed E-state index contributed by atoms with van der Waals surface area (Å²) < 4.78 is 5.22. The second-order valence-electron chi connectivity index (χ2n) is 3.83. The molecule has 0 bridgehead atoms. The van der Waals surface area contributed by atoms with E-state index in [9.17, 15) is 14.4 Å². The summed E-state index contributed by atoms with van der Waals surface area (Å²) in [5, 5.41) is 5.15. The molecule has 0 atom stereocenters. The van der Waals surface area contributed by atoms with Crippen LogP contribution < -0.4 is 15.4 Å². The molecule has 2 amide bonds. The van der Waals surface area contributed by atoms with Crippen molar-refractivity contribution in [3.05, 3.63) is 23.8 Å². The molecule has 0 saturated heterocycles. The molecule has 0 fully saturated rings. The van der Waals surface area contributed by atoms with Crippen LogP contribution in [-0.4, -0.2) is 31.3 Å². The number of ether oxygens (including phenoxy) is 1. The van der Waals surface area contributed by atoms with Gasteiger partial charge in [0, 0.05) is 6.54 Å². The lowest BCUT2D eigenvalue weighted by atomic mass is 10.1. The third-order valence-corrected chi connectivity index (χ3v) is 2.50. The van der Waals surface area contributed by atoms with Gasteiger partial charge in [0.25, 0.3) is 11.8 Å². The number of hydrogen-bond donors (Lipinski definition) is 2. The summed E-state index contributed by atoms with van der Waals surface area (Å²) in [7, 11) is 0. The maximum absolute atomic E-state index is 11.1. The molecule has 1 aliphatic rings. The Morgan fingerprint density at radius 1 is 1.50 bits per heavy atom. The summed E-state index contributed by atoms with van der Waals surface area (Å²) in [5.41, 5.74) is 1.57. The van der Waals surface area contributed by atoms with Gasteiger partial charge in [-0.1, -0.05) is 6.07 Å². The molecule has 6 heteroatoms. The molecule has 0 saturated carbocycles. The van der Waals surface area contributed by atoms with Crippen LogP contribution in [0.4, 0.5) is 5.69 Å². The first-order valence-corrected chi connectivity index (χ1v) is 5.47. The number of carbonyl (C=O) groups excluding carboxylic acids is 3. The Morgan fingerprint density at radius 3 is 3.11 bits per heavy atom. The Bertz CT molecular complexity index is 499. The average Bonchev–Trinajstić information content (AvgIpc) is 2.38. The minimum Gasteiger partial charge on any atom is -0.482 e. The van der Waals surface area contributed by atoms with E-state index < -0.39 is 5.91 Å². The van der Waals surface area contributed by atoms with E-state index in [2.05, 4.69) is 10.6 Å². The lowest BCUT2D eigenvalue weighted by Crippen LogP contribution is -2.27. The largest absolute Gasteiger partial charge is 0.482 e. The number of benzene rings is 1. The van der Waals surface area contributed by atoms with Gasteiger partial charge in [0.2, 0.25) is 6.29 Å². The van der Waals surface area contributed by atoms with Crippen molar-refractivity contribution in [3.8, 4) is 5.75 Å². The van der Waals surface area contributed by atoms with Crippen LogP contribution in [0.2, 0.25) is 0 Å². The zero-order valence-corrected chi connectivity index (χ0v) is 9.56. The molecule has 1 heterocycles. The predicted molar refractivity (Wildman–Crippen MR) is 63.3 cm³/mol. The molecule has 2 rings (SSSR count). The van der Waals surface area contributed by atoms with E-state index in [0.717, 1.165) is 5.56 Å². The van der Waals surface area contributed by atoms with Gasteiger partial charge in [-0.05, 0) is 24.1 Å². The standard InChI is InChI=1S/C12H12N2O4/c15-6-11(16)13-4-3-8-1-2-10-9(5-8)14-12(17)7-18-10/h1-2,5-6H,3-4,7H2,(H,13,16)(H,14,17). The minimum absolute atomic E-state index is 0.0295. The normalized spacial score (nSPS) is 13.0. The fourth-order valence-electron chi connectivity index (χ4n) is 1.66. The summed E-state index contributed by atoms with van der Waals surface area (Å²) >= 11 is 0. The van der Waals surface area contributed by atoms with E-state index in [-0.39, 0.29) is 18.8 Å². The number of amides is 2. The molecule has 0 unspecified atom stereocenters. The highest BCUT2D eigenvalue weighted by Gasteiger charge is 2.15. The van der Waals surface area contributed by atoms with Gasteiger partial charge in [-0.3, -0.25) is 14.4 Å². The maximum atomic E-state index is 11.1. The molecule has 0 radical (unpaired) electrons. The zero-order chi connectivity index (χ0) is 13.0. The van der Waals surface area contributed by atoms with E-state index >= 15 is 0 Å². The second kappa shape index (κ2) is 5.31. The summed E-state index contributed by atoms with van der Waals surface area (Å²) in [6, 6.07) is 5.41. The van der Waals surface area contributed by atoms with Crippen LogP contribution >= 0.6 is 0 Å². The smallest absolute Gasteiger partial charge is 0.284 e. The van der Waals surface area contributed by atoms with Gasteiger partial charge in [-0.15, -0.1) is 0 Å². The van der Waals surface area contributed by atoms with Crippen molar-refractivity contribution in [1.29, 1.82) is 0 Å². The van der Waals surface area contributed by atoms with E-state index in [1.807, 2.05) is 6.07 Å². The Labute approximate surface area is 103 Å². The van der Waals surface area contributed by atoms with Crippen LogP contribution in [0.3, 0.4) is 0 Å². The van der Waals surface area contributed by atoms with E-state index in [1.54, 1.807) is 12.1 Å². The molecule has 0 aliphatic carbocycles. The van der Waals surface area contributed by atoms with E-state index in [0.29, 0.717) is 24.4 Å². The highest BCUT2D eigenvalue weighted by molar-refractivity contribution is 6.23. The van der Waals surface area contributed by atoms with Crippen LogP contribution in [-0.2, 0) is 20.8 Å². The molecule has 0 aromatic heterocycles. The van der Waals surface area contributed by atoms with Gasteiger partial charge in [-0.25, -0.2) is 0 Å². The Morgan fingerprint density at radius 2 is 2.33 bits per heavy atom. The minimum atomic E-state index is -0.635. The van der Waals surface area contributed by atoms with Gasteiger partial charge in [0.1, 0.15) is 5.75 Å². The monoisotopic (exact) mass is 248 g/mol. The number of carbonyl (C=O) groups is 3. The average molecular weight is 248 g/mol. The van der Waals surface area contributed by atoms with E-state index in [1.165, 1.54) is 0 Å². The fraction of sp³-hybridized carbons (Fsp3) is 0.250. The summed E-state index contributed by atoms with van der Waals surface area (Å²) in [5.74, 6) is -0.186. The van der Waals surface area contributed by atoms with Gasteiger partial charge in [-0.2, -0.15) is 0 Å². The zero-order valence-electron chi connectivity index (χ0n) is 9.56. The first kappa shape index (κ1) is 12.1. The highest BCUT2D eigenvalue weighted by atomic mass is 16.5. The number of rotatable bonds is 4. The molecule has 1 aromatic rings. The van der Waals surface area contributed by atoms with Crippen LogP contribution in [0.15, 0.2) is 18.2 Å². The molecule has 6 nitrogen and oxygen atoms in total. The Hall–Kier alpha value is -2.37. The first-order valence-electron chi connectivity index (χ1n) is 5.47. The molecule has 1 aromatic carbocycles. The summed E-state index contributed by atoms with van der Waals surface area (Å²) in [6.45, 7) is 0.396. The summed E-state index contributed by atoms with van der Waals surface area (Å²) in [6.07, 6.45) is 0.809. The lowest BCUT2D eigenvalue weighted by molar-refractivity contribution is -0.131. The van der Waals surface area contributed by atoms with Gasteiger partial charge in [0.05, 0.1) is 5.69 Å². The molecular weight excluding hydrogens is 236 g/mol. The van der Waals surface area contributed by atoms with Crippen molar-refractivity contribution in [3.63, 3.8) is 0 Å². The first-order chi connectivity index (χ1) is 8.69. The van der Waals surface area contributed by atoms with Crippen LogP contribution in [0.25, 0.3) is 0 Å². The predicted octanol–water partition coefficient (Wildman–Crippen LogP) is -0.125. The van der Waals surface area contributed by atoms with Crippen molar-refractivity contribution in [2.24, 2.45) is 0 Å². The highest BCUT2D eigenvalue weighted by Crippen LogP contribution is 2.28. The molecule has 2 N–H and O–H groups in total. The SMILES string of the molecule is O=CC(=O)NCCc1ccc2c(c1)NC(=O)CO2. The third-order valence-electron chi connectivity index (χ3n) is 2.50. The molecule has 18 heavy (non-hydrogen) atoms. The van der Waals surface area contributed by atoms with E-state index in [4.69, 9.17) is 4.74 Å². The molecular formula is C12H12N2O4. The topological polar surface area (TPSA) is 84.5 Å². The van der Waals surface area contributed by atoms with Crippen molar-refractivity contribution >= 4 is 23.8 Å². The molecule has 1 aliphatic heterocycles.